The summed E-state index contributed by atoms with van der Waals surface area (Å²) in [6.07, 6.45) is 0. The molecule has 6 heteroatoms. The molecule has 0 saturated carbocycles. The second kappa shape index (κ2) is 4.72. The third-order valence-electron chi connectivity index (χ3n) is 3.98. The second-order valence-corrected chi connectivity index (χ2v) is 7.23. The Morgan fingerprint density at radius 3 is 2.45 bits per heavy atom. The fourth-order valence-corrected chi connectivity index (χ4v) is 4.79. The number of rotatable bonds is 2. The smallest absolute Gasteiger partial charge is 0.276 e. The van der Waals surface area contributed by atoms with E-state index < -0.39 is 0 Å². The van der Waals surface area contributed by atoms with Crippen LogP contribution >= 0.6 is 22.7 Å². The first kappa shape index (κ1) is 13.6. The minimum absolute atomic E-state index is 0.204. The van der Waals surface area contributed by atoms with Crippen molar-refractivity contribution in [2.24, 2.45) is 4.99 Å². The van der Waals surface area contributed by atoms with Gasteiger partial charge in [-0.2, -0.15) is 0 Å². The van der Waals surface area contributed by atoms with Crippen LogP contribution in [0.3, 0.4) is 0 Å². The topological polar surface area (TPSA) is 58.5 Å². The molecular weight excluding hydrogens is 316 g/mol. The molecule has 4 nitrogen and oxygen atoms in total. The van der Waals surface area contributed by atoms with Gasteiger partial charge in [0.05, 0.1) is 27.8 Å². The number of amides is 2. The van der Waals surface area contributed by atoms with Crippen molar-refractivity contribution in [2.75, 3.05) is 0 Å². The number of nitrogens with zero attached hydrogens (tertiary/aromatic N) is 1. The van der Waals surface area contributed by atoms with Gasteiger partial charge >= 0.3 is 0 Å². The van der Waals surface area contributed by atoms with Crippen LogP contribution in [-0.4, -0.2) is 17.5 Å². The van der Waals surface area contributed by atoms with Crippen LogP contribution in [0.2, 0.25) is 0 Å². The summed E-state index contributed by atoms with van der Waals surface area (Å²) in [4.78, 5) is 30.9. The molecule has 2 aromatic heterocycles. The van der Waals surface area contributed by atoms with E-state index >= 15 is 0 Å². The van der Waals surface area contributed by atoms with E-state index in [-0.39, 0.29) is 17.9 Å². The van der Waals surface area contributed by atoms with Crippen LogP contribution in [-0.2, 0) is 9.59 Å². The molecule has 0 radical (unpaired) electrons. The molecule has 0 fully saturated rings. The highest BCUT2D eigenvalue weighted by atomic mass is 32.1. The molecule has 1 atom stereocenters. The predicted octanol–water partition coefficient (Wildman–Crippen LogP) is 2.92. The van der Waals surface area contributed by atoms with E-state index in [1.807, 2.05) is 36.7 Å². The molecule has 4 heterocycles. The molecule has 2 aliphatic rings. The van der Waals surface area contributed by atoms with Crippen LogP contribution < -0.4 is 5.32 Å². The van der Waals surface area contributed by atoms with Crippen molar-refractivity contribution in [2.45, 2.75) is 19.9 Å². The summed E-state index contributed by atoms with van der Waals surface area (Å²) in [6, 6.07) is 3.60. The van der Waals surface area contributed by atoms with Gasteiger partial charge in [0.15, 0.2) is 0 Å². The molecule has 1 N–H and O–H groups in total. The highest BCUT2D eigenvalue weighted by Gasteiger charge is 2.44. The number of thiophene rings is 2. The van der Waals surface area contributed by atoms with Crippen molar-refractivity contribution in [1.29, 1.82) is 0 Å². The van der Waals surface area contributed by atoms with Gasteiger partial charge in [-0.15, -0.1) is 22.7 Å². The van der Waals surface area contributed by atoms with Crippen molar-refractivity contribution < 1.29 is 9.59 Å². The maximum absolute atomic E-state index is 12.4. The quantitative estimate of drug-likeness (QED) is 0.921. The van der Waals surface area contributed by atoms with E-state index in [0.717, 1.165) is 20.9 Å². The fourth-order valence-electron chi connectivity index (χ4n) is 2.88. The van der Waals surface area contributed by atoms with Crippen LogP contribution in [0.15, 0.2) is 39.0 Å². The molecule has 0 aliphatic carbocycles. The second-order valence-electron chi connectivity index (χ2n) is 5.36. The molecule has 0 saturated heterocycles. The highest BCUT2D eigenvalue weighted by molar-refractivity contribution is 7.12. The summed E-state index contributed by atoms with van der Waals surface area (Å²) >= 11 is 3.06. The van der Waals surface area contributed by atoms with Gasteiger partial charge in [0.1, 0.15) is 0 Å². The first-order valence-electron chi connectivity index (χ1n) is 6.85. The number of aliphatic imine (C=N–C) groups is 1. The fraction of sp³-hybridized carbons (Fsp3) is 0.188. The third-order valence-corrected chi connectivity index (χ3v) is 6.09. The van der Waals surface area contributed by atoms with Crippen LogP contribution in [0, 0.1) is 13.8 Å². The Labute approximate surface area is 135 Å². The number of hydrogen-bond donors (Lipinski definition) is 1. The number of aryl methyl sites for hydroxylation is 2. The number of carbonyl (C=O) groups excluding carboxylic acids is 2. The molecule has 0 spiro atoms. The average Bonchev–Trinajstić information content (AvgIpc) is 3.19. The van der Waals surface area contributed by atoms with E-state index in [9.17, 15) is 9.59 Å². The minimum atomic E-state index is -0.364. The van der Waals surface area contributed by atoms with E-state index in [1.165, 1.54) is 11.3 Å². The van der Waals surface area contributed by atoms with Gasteiger partial charge in [0, 0.05) is 4.88 Å². The monoisotopic (exact) mass is 328 g/mol. The molecule has 2 aromatic rings. The molecule has 1 unspecified atom stereocenters. The standard InChI is InChI=1S/C16H12N2O2S2/c1-7-3-5-21-13(7)11-9-10(16(20)17-11)12(18-15(9)19)14-8(2)4-6-22-14/h3-6,11H,1-2H3,(H,17,20). The lowest BCUT2D eigenvalue weighted by Gasteiger charge is -2.12. The van der Waals surface area contributed by atoms with Crippen LogP contribution in [0.4, 0.5) is 0 Å². The minimum Gasteiger partial charge on any atom is -0.340 e. The lowest BCUT2D eigenvalue weighted by molar-refractivity contribution is -0.116. The van der Waals surface area contributed by atoms with Crippen LogP contribution in [0.1, 0.15) is 26.9 Å². The summed E-state index contributed by atoms with van der Waals surface area (Å²) in [7, 11) is 0. The Morgan fingerprint density at radius 2 is 1.82 bits per heavy atom. The van der Waals surface area contributed by atoms with E-state index in [2.05, 4.69) is 10.3 Å². The van der Waals surface area contributed by atoms with Crippen molar-refractivity contribution in [1.82, 2.24) is 5.32 Å². The summed E-state index contributed by atoms with van der Waals surface area (Å²) < 4.78 is 0. The normalized spacial score (nSPS) is 20.5. The van der Waals surface area contributed by atoms with Crippen LogP contribution in [0.5, 0.6) is 0 Å². The first-order chi connectivity index (χ1) is 10.6. The highest BCUT2D eigenvalue weighted by Crippen LogP contribution is 2.40. The number of carbonyl (C=O) groups is 2. The Hall–Kier alpha value is -2.05. The molecule has 0 aromatic carbocycles. The lowest BCUT2D eigenvalue weighted by atomic mass is 10.00. The Morgan fingerprint density at radius 1 is 1.09 bits per heavy atom. The predicted molar refractivity (Wildman–Crippen MR) is 87.6 cm³/mol. The SMILES string of the molecule is Cc1ccsc1C1=NC(=O)C2=C1C(=O)NC2c1sccc1C. The van der Waals surface area contributed by atoms with Gasteiger partial charge in [-0.05, 0) is 47.9 Å². The van der Waals surface area contributed by atoms with Gasteiger partial charge in [-0.1, -0.05) is 0 Å². The molecule has 110 valence electrons. The van der Waals surface area contributed by atoms with Gasteiger partial charge in [0.25, 0.3) is 11.8 Å². The van der Waals surface area contributed by atoms with Crippen molar-refractivity contribution >= 4 is 40.2 Å². The van der Waals surface area contributed by atoms with Gasteiger partial charge in [-0.25, -0.2) is 4.99 Å². The molecular formula is C16H12N2O2S2. The zero-order valence-electron chi connectivity index (χ0n) is 12.0. The molecule has 22 heavy (non-hydrogen) atoms. The molecule has 2 aliphatic heterocycles. The maximum Gasteiger partial charge on any atom is 0.276 e. The lowest BCUT2D eigenvalue weighted by Crippen LogP contribution is -2.26. The van der Waals surface area contributed by atoms with E-state index in [4.69, 9.17) is 0 Å². The number of hydrogen-bond acceptors (Lipinski definition) is 4. The summed E-state index contributed by atoms with van der Waals surface area (Å²) in [6.45, 7) is 3.95. The van der Waals surface area contributed by atoms with Gasteiger partial charge in [-0.3, -0.25) is 9.59 Å². The van der Waals surface area contributed by atoms with Gasteiger partial charge in [0.2, 0.25) is 0 Å². The van der Waals surface area contributed by atoms with E-state index in [0.29, 0.717) is 16.9 Å². The van der Waals surface area contributed by atoms with Crippen molar-refractivity contribution in [3.05, 3.63) is 54.9 Å². The molecule has 2 amide bonds. The number of nitrogens with one attached hydrogen (secondary N) is 1. The van der Waals surface area contributed by atoms with Crippen molar-refractivity contribution in [3.8, 4) is 0 Å². The summed E-state index contributed by atoms with van der Waals surface area (Å²) in [5, 5.41) is 6.86. The average molecular weight is 328 g/mol. The Balaban J connectivity index is 1.86. The van der Waals surface area contributed by atoms with Crippen LogP contribution in [0.25, 0.3) is 0 Å². The zero-order chi connectivity index (χ0) is 15.4. The molecule has 0 bridgehead atoms. The van der Waals surface area contributed by atoms with E-state index in [1.54, 1.807) is 11.3 Å². The first-order valence-corrected chi connectivity index (χ1v) is 8.60. The summed E-state index contributed by atoms with van der Waals surface area (Å²) in [5.74, 6) is -0.501. The summed E-state index contributed by atoms with van der Waals surface area (Å²) in [5.41, 5.74) is 3.60. The molecule has 4 rings (SSSR count). The Kier molecular flexibility index (Phi) is 2.92. The van der Waals surface area contributed by atoms with Crippen molar-refractivity contribution in [3.63, 3.8) is 0 Å². The maximum atomic E-state index is 12.4. The third kappa shape index (κ3) is 1.77. The van der Waals surface area contributed by atoms with Gasteiger partial charge < -0.3 is 5.32 Å². The zero-order valence-corrected chi connectivity index (χ0v) is 13.6. The largest absolute Gasteiger partial charge is 0.340 e. The Bertz CT molecular complexity index is 886.